The van der Waals surface area contributed by atoms with E-state index in [4.69, 9.17) is 4.98 Å². The smallest absolute Gasteiger partial charge is 0.142 e. The summed E-state index contributed by atoms with van der Waals surface area (Å²) in [6, 6.07) is 19.3. The van der Waals surface area contributed by atoms with Crippen molar-refractivity contribution < 1.29 is 0 Å². The van der Waals surface area contributed by atoms with Crippen molar-refractivity contribution in [3.63, 3.8) is 0 Å². The number of fused-ring (bicyclic) bond motifs is 1. The van der Waals surface area contributed by atoms with Crippen molar-refractivity contribution in [3.8, 4) is 22.4 Å². The van der Waals surface area contributed by atoms with Crippen LogP contribution in [0, 0.1) is 18.8 Å². The number of aryl methyl sites for hydroxylation is 1. The molecule has 31 heavy (non-hydrogen) atoms. The summed E-state index contributed by atoms with van der Waals surface area (Å²) in [4.78, 5) is 9.84. The van der Waals surface area contributed by atoms with E-state index in [9.17, 15) is 0 Å². The van der Waals surface area contributed by atoms with E-state index in [1.54, 1.807) is 11.3 Å². The Morgan fingerprint density at radius 2 is 1.77 bits per heavy atom. The SMILES string of the molecule is Cc1cccn2c(N(C)C3CCCCC3)c(-c3ccc(C#Cc4ccccc4)s3)nc12. The molecule has 0 bridgehead atoms. The van der Waals surface area contributed by atoms with Crippen LogP contribution in [0.4, 0.5) is 5.82 Å². The first-order valence-electron chi connectivity index (χ1n) is 11.1. The zero-order chi connectivity index (χ0) is 21.2. The summed E-state index contributed by atoms with van der Waals surface area (Å²) in [6.45, 7) is 2.14. The Morgan fingerprint density at radius 1 is 0.968 bits per heavy atom. The lowest BCUT2D eigenvalue weighted by Crippen LogP contribution is -2.34. The first-order valence-corrected chi connectivity index (χ1v) is 11.9. The summed E-state index contributed by atoms with van der Waals surface area (Å²) < 4.78 is 2.27. The average Bonchev–Trinajstić information content (AvgIpc) is 3.44. The Morgan fingerprint density at radius 3 is 2.58 bits per heavy atom. The van der Waals surface area contributed by atoms with Crippen LogP contribution in [0.25, 0.3) is 16.2 Å². The predicted molar refractivity (Wildman–Crippen MR) is 131 cm³/mol. The van der Waals surface area contributed by atoms with E-state index in [0.717, 1.165) is 21.8 Å². The molecule has 0 amide bonds. The maximum atomic E-state index is 5.11. The Labute approximate surface area is 188 Å². The molecule has 3 aromatic heterocycles. The number of benzene rings is 1. The van der Waals surface area contributed by atoms with Crippen molar-refractivity contribution in [3.05, 3.63) is 76.8 Å². The largest absolute Gasteiger partial charge is 0.356 e. The highest BCUT2D eigenvalue weighted by Crippen LogP contribution is 2.38. The van der Waals surface area contributed by atoms with E-state index >= 15 is 0 Å². The molecular formula is C27H27N3S. The van der Waals surface area contributed by atoms with Crippen molar-refractivity contribution in [2.24, 2.45) is 0 Å². The van der Waals surface area contributed by atoms with Crippen LogP contribution in [0.5, 0.6) is 0 Å². The molecule has 4 aromatic rings. The van der Waals surface area contributed by atoms with Gasteiger partial charge < -0.3 is 4.90 Å². The Kier molecular flexibility index (Phi) is 5.53. The van der Waals surface area contributed by atoms with Crippen molar-refractivity contribution in [2.75, 3.05) is 11.9 Å². The highest BCUT2D eigenvalue weighted by molar-refractivity contribution is 7.16. The highest BCUT2D eigenvalue weighted by Gasteiger charge is 2.25. The minimum Gasteiger partial charge on any atom is -0.356 e. The summed E-state index contributed by atoms with van der Waals surface area (Å²) in [5, 5.41) is 0. The van der Waals surface area contributed by atoms with Gasteiger partial charge in [-0.25, -0.2) is 4.98 Å². The number of rotatable bonds is 3. The van der Waals surface area contributed by atoms with Gasteiger partial charge in [-0.1, -0.05) is 55.4 Å². The maximum Gasteiger partial charge on any atom is 0.142 e. The fourth-order valence-corrected chi connectivity index (χ4v) is 5.37. The van der Waals surface area contributed by atoms with Gasteiger partial charge in [-0.3, -0.25) is 4.40 Å². The molecule has 3 nitrogen and oxygen atoms in total. The first-order chi connectivity index (χ1) is 15.2. The third-order valence-corrected chi connectivity index (χ3v) is 7.23. The van der Waals surface area contributed by atoms with Crippen LogP contribution in [0.15, 0.2) is 60.8 Å². The Balaban J connectivity index is 1.56. The molecular weight excluding hydrogens is 398 g/mol. The van der Waals surface area contributed by atoms with Crippen LogP contribution in [0.2, 0.25) is 0 Å². The lowest BCUT2D eigenvalue weighted by molar-refractivity contribution is 0.426. The van der Waals surface area contributed by atoms with Gasteiger partial charge in [0.2, 0.25) is 0 Å². The van der Waals surface area contributed by atoms with Gasteiger partial charge in [0, 0.05) is 24.8 Å². The fourth-order valence-electron chi connectivity index (χ4n) is 4.52. The topological polar surface area (TPSA) is 20.5 Å². The van der Waals surface area contributed by atoms with Crippen molar-refractivity contribution in [1.29, 1.82) is 0 Å². The van der Waals surface area contributed by atoms with Gasteiger partial charge in [0.1, 0.15) is 17.2 Å². The summed E-state index contributed by atoms with van der Waals surface area (Å²) in [6.07, 6.45) is 8.66. The van der Waals surface area contributed by atoms with Gasteiger partial charge in [-0.15, -0.1) is 11.3 Å². The van der Waals surface area contributed by atoms with Crippen LogP contribution >= 0.6 is 11.3 Å². The standard InChI is InChI=1S/C27H27N3S/c1-20-10-9-19-30-26(20)28-25(27(30)29(2)22-13-7-4-8-14-22)24-18-17-23(31-24)16-15-21-11-5-3-6-12-21/h3,5-6,9-12,17-19,22H,4,7-8,13-14H2,1-2H3. The molecule has 4 heteroatoms. The zero-order valence-electron chi connectivity index (χ0n) is 18.1. The van der Waals surface area contributed by atoms with Crippen LogP contribution in [0.1, 0.15) is 48.1 Å². The van der Waals surface area contributed by atoms with Gasteiger partial charge in [0.05, 0.1) is 9.75 Å². The molecule has 1 aliphatic rings. The monoisotopic (exact) mass is 425 g/mol. The fraction of sp³-hybridized carbons (Fsp3) is 0.296. The summed E-state index contributed by atoms with van der Waals surface area (Å²) in [5.74, 6) is 7.81. The van der Waals surface area contributed by atoms with Gasteiger partial charge in [0.15, 0.2) is 0 Å². The van der Waals surface area contributed by atoms with E-state index in [-0.39, 0.29) is 0 Å². The van der Waals surface area contributed by atoms with E-state index in [1.165, 1.54) is 48.4 Å². The van der Waals surface area contributed by atoms with Gasteiger partial charge in [0.25, 0.3) is 0 Å². The Hall–Kier alpha value is -3.03. The number of imidazole rings is 1. The second-order valence-electron chi connectivity index (χ2n) is 8.35. The minimum absolute atomic E-state index is 0.574. The molecule has 5 rings (SSSR count). The summed E-state index contributed by atoms with van der Waals surface area (Å²) in [5.41, 5.74) is 4.35. The predicted octanol–water partition coefficient (Wildman–Crippen LogP) is 6.54. The number of nitrogens with zero attached hydrogens (tertiary/aromatic N) is 3. The molecule has 3 heterocycles. The molecule has 1 saturated carbocycles. The van der Waals surface area contributed by atoms with E-state index < -0.39 is 0 Å². The molecule has 1 fully saturated rings. The normalized spacial score (nSPS) is 14.4. The van der Waals surface area contributed by atoms with Crippen LogP contribution in [0.3, 0.4) is 0 Å². The molecule has 0 unspecified atom stereocenters. The second kappa shape index (κ2) is 8.61. The lowest BCUT2D eigenvalue weighted by atomic mass is 9.94. The first kappa shape index (κ1) is 19.9. The number of pyridine rings is 1. The molecule has 0 radical (unpaired) electrons. The molecule has 0 atom stereocenters. The molecule has 0 aliphatic heterocycles. The van der Waals surface area contributed by atoms with E-state index in [2.05, 4.69) is 65.6 Å². The molecule has 0 saturated heterocycles. The molecule has 1 aromatic carbocycles. The highest BCUT2D eigenvalue weighted by atomic mass is 32.1. The lowest BCUT2D eigenvalue weighted by Gasteiger charge is -2.33. The van der Waals surface area contributed by atoms with Crippen molar-refractivity contribution >= 4 is 22.8 Å². The minimum atomic E-state index is 0.574. The van der Waals surface area contributed by atoms with Gasteiger partial charge in [-0.2, -0.15) is 0 Å². The van der Waals surface area contributed by atoms with E-state index in [0.29, 0.717) is 6.04 Å². The number of anilines is 1. The Bertz CT molecular complexity index is 1250. The van der Waals surface area contributed by atoms with Crippen LogP contribution < -0.4 is 4.90 Å². The third-order valence-electron chi connectivity index (χ3n) is 6.22. The average molecular weight is 426 g/mol. The van der Waals surface area contributed by atoms with Gasteiger partial charge in [-0.05, 0) is 55.7 Å². The van der Waals surface area contributed by atoms with Crippen LogP contribution in [-0.4, -0.2) is 22.5 Å². The summed E-state index contributed by atoms with van der Waals surface area (Å²) >= 11 is 1.73. The number of hydrogen-bond acceptors (Lipinski definition) is 3. The van der Waals surface area contributed by atoms with E-state index in [1.807, 2.05) is 30.3 Å². The second-order valence-corrected chi connectivity index (χ2v) is 9.44. The molecule has 1 aliphatic carbocycles. The number of aromatic nitrogens is 2. The van der Waals surface area contributed by atoms with Crippen molar-refractivity contribution in [1.82, 2.24) is 9.38 Å². The third kappa shape index (κ3) is 3.98. The van der Waals surface area contributed by atoms with Crippen LogP contribution in [-0.2, 0) is 0 Å². The number of thiophene rings is 1. The van der Waals surface area contributed by atoms with Gasteiger partial charge >= 0.3 is 0 Å². The molecule has 0 spiro atoms. The summed E-state index contributed by atoms with van der Waals surface area (Å²) in [7, 11) is 2.25. The molecule has 0 N–H and O–H groups in total. The zero-order valence-corrected chi connectivity index (χ0v) is 19.0. The quantitative estimate of drug-likeness (QED) is 0.347. The maximum absolute atomic E-state index is 5.11. The van der Waals surface area contributed by atoms with Crippen molar-refractivity contribution in [2.45, 2.75) is 45.1 Å². The number of hydrogen-bond donors (Lipinski definition) is 0. The molecule has 156 valence electrons.